The molecule has 0 radical (unpaired) electrons. The van der Waals surface area contributed by atoms with Crippen molar-refractivity contribution in [2.24, 2.45) is 5.92 Å². The summed E-state index contributed by atoms with van der Waals surface area (Å²) in [5.41, 5.74) is 2.23. The van der Waals surface area contributed by atoms with Gasteiger partial charge < -0.3 is 15.4 Å². The number of thiocarbonyl (C=S) groups is 1. The van der Waals surface area contributed by atoms with Gasteiger partial charge in [-0.3, -0.25) is 4.90 Å². The molecular weight excluding hydrogens is 378 g/mol. The Hall–Kier alpha value is -1.82. The highest BCUT2D eigenvalue weighted by Gasteiger charge is 2.26. The second-order valence-electron chi connectivity index (χ2n) is 6.92. The minimum Gasteiger partial charge on any atom is -0.495 e. The number of hydrogen-bond acceptors (Lipinski definition) is 3. The van der Waals surface area contributed by atoms with Crippen molar-refractivity contribution in [2.75, 3.05) is 32.1 Å². The van der Waals surface area contributed by atoms with Crippen LogP contribution < -0.4 is 15.4 Å². The summed E-state index contributed by atoms with van der Waals surface area (Å²) in [6, 6.07) is 16.7. The molecule has 2 aromatic rings. The van der Waals surface area contributed by atoms with E-state index < -0.39 is 0 Å². The third kappa shape index (κ3) is 5.34. The van der Waals surface area contributed by atoms with E-state index in [4.69, 9.17) is 28.6 Å². The number of nitrogens with one attached hydrogen (secondary N) is 2. The van der Waals surface area contributed by atoms with Crippen LogP contribution in [0.15, 0.2) is 48.5 Å². The Morgan fingerprint density at radius 1 is 1.30 bits per heavy atom. The van der Waals surface area contributed by atoms with Crippen LogP contribution in [-0.4, -0.2) is 36.8 Å². The number of ether oxygens (including phenoxy) is 1. The molecule has 2 atom stereocenters. The molecule has 1 aliphatic heterocycles. The Kier molecular flexibility index (Phi) is 6.94. The molecule has 2 N–H and O–H groups in total. The van der Waals surface area contributed by atoms with Gasteiger partial charge in [0, 0.05) is 24.8 Å². The predicted molar refractivity (Wildman–Crippen MR) is 117 cm³/mol. The molecular formula is C21H26ClN3OS. The van der Waals surface area contributed by atoms with Crippen molar-refractivity contribution in [2.45, 2.75) is 19.4 Å². The van der Waals surface area contributed by atoms with Crippen LogP contribution in [0, 0.1) is 5.92 Å². The molecule has 0 unspecified atom stereocenters. The van der Waals surface area contributed by atoms with E-state index in [0.717, 1.165) is 25.3 Å². The Bertz CT molecular complexity index is 771. The number of halogens is 1. The molecule has 2 aromatic carbocycles. The molecule has 3 rings (SSSR count). The summed E-state index contributed by atoms with van der Waals surface area (Å²) in [5, 5.41) is 7.70. The van der Waals surface area contributed by atoms with Gasteiger partial charge >= 0.3 is 0 Å². The number of nitrogens with zero attached hydrogens (tertiary/aromatic N) is 1. The first kappa shape index (κ1) is 19.9. The zero-order valence-electron chi connectivity index (χ0n) is 15.7. The summed E-state index contributed by atoms with van der Waals surface area (Å²) in [6.45, 7) is 5.36. The lowest BCUT2D eigenvalue weighted by Gasteiger charge is -2.25. The van der Waals surface area contributed by atoms with Crippen molar-refractivity contribution in [3.8, 4) is 5.75 Å². The van der Waals surface area contributed by atoms with Crippen LogP contribution in [-0.2, 0) is 0 Å². The van der Waals surface area contributed by atoms with Gasteiger partial charge in [0.1, 0.15) is 5.75 Å². The molecule has 144 valence electrons. The van der Waals surface area contributed by atoms with E-state index in [1.807, 2.05) is 18.2 Å². The minimum atomic E-state index is 0.447. The van der Waals surface area contributed by atoms with E-state index >= 15 is 0 Å². The van der Waals surface area contributed by atoms with Gasteiger partial charge in [0.05, 0.1) is 12.1 Å². The smallest absolute Gasteiger partial charge is 0.170 e. The molecule has 0 bridgehead atoms. The van der Waals surface area contributed by atoms with Gasteiger partial charge in [0.15, 0.2) is 5.11 Å². The second kappa shape index (κ2) is 9.40. The summed E-state index contributed by atoms with van der Waals surface area (Å²) in [4.78, 5) is 2.54. The standard InChI is InChI=1S/C21H26ClN3OS/c1-15(17-6-4-3-5-7-17)25-11-10-16(14-25)13-23-21(27)24-18-8-9-20(26-2)19(22)12-18/h3-9,12,15-16H,10-11,13-14H2,1-2H3,(H2,23,24,27)/t15-,16+/m0/s1. The number of hydrogen-bond donors (Lipinski definition) is 2. The van der Waals surface area contributed by atoms with Crippen molar-refractivity contribution >= 4 is 34.6 Å². The summed E-state index contributed by atoms with van der Waals surface area (Å²) >= 11 is 11.6. The van der Waals surface area contributed by atoms with Crippen LogP contribution in [0.4, 0.5) is 5.69 Å². The molecule has 0 amide bonds. The number of methoxy groups -OCH3 is 1. The molecule has 0 saturated carbocycles. The first-order valence-corrected chi connectivity index (χ1v) is 10.0. The molecule has 1 saturated heterocycles. The third-order valence-corrected chi connectivity index (χ3v) is 5.65. The Balaban J connectivity index is 1.45. The van der Waals surface area contributed by atoms with E-state index in [1.54, 1.807) is 7.11 Å². The Morgan fingerprint density at radius 2 is 2.07 bits per heavy atom. The topological polar surface area (TPSA) is 36.5 Å². The fourth-order valence-electron chi connectivity index (χ4n) is 3.48. The molecule has 0 aromatic heterocycles. The molecule has 1 aliphatic rings. The molecule has 6 heteroatoms. The van der Waals surface area contributed by atoms with E-state index in [2.05, 4.69) is 52.8 Å². The summed E-state index contributed by atoms with van der Waals surface area (Å²) < 4.78 is 5.17. The van der Waals surface area contributed by atoms with E-state index in [1.165, 1.54) is 12.0 Å². The fourth-order valence-corrected chi connectivity index (χ4v) is 3.94. The van der Waals surface area contributed by atoms with Gasteiger partial charge in [0.25, 0.3) is 0 Å². The lowest BCUT2D eigenvalue weighted by molar-refractivity contribution is 0.253. The number of likely N-dealkylation sites (tertiary alicyclic amines) is 1. The van der Waals surface area contributed by atoms with Gasteiger partial charge in [-0.1, -0.05) is 41.9 Å². The lowest BCUT2D eigenvalue weighted by atomic mass is 10.1. The van der Waals surface area contributed by atoms with Gasteiger partial charge in [-0.15, -0.1) is 0 Å². The van der Waals surface area contributed by atoms with Crippen molar-refractivity contribution in [3.63, 3.8) is 0 Å². The average molecular weight is 404 g/mol. The van der Waals surface area contributed by atoms with Crippen LogP contribution in [0.2, 0.25) is 5.02 Å². The maximum Gasteiger partial charge on any atom is 0.170 e. The van der Waals surface area contributed by atoms with Crippen molar-refractivity contribution in [3.05, 3.63) is 59.1 Å². The zero-order valence-corrected chi connectivity index (χ0v) is 17.3. The normalized spacial score (nSPS) is 18.1. The van der Waals surface area contributed by atoms with Crippen LogP contribution in [0.3, 0.4) is 0 Å². The highest BCUT2D eigenvalue weighted by Crippen LogP contribution is 2.28. The molecule has 0 spiro atoms. The summed E-state index contributed by atoms with van der Waals surface area (Å²) in [5.74, 6) is 1.25. The molecule has 4 nitrogen and oxygen atoms in total. The van der Waals surface area contributed by atoms with Crippen LogP contribution in [0.25, 0.3) is 0 Å². The van der Waals surface area contributed by atoms with Crippen LogP contribution in [0.1, 0.15) is 24.9 Å². The van der Waals surface area contributed by atoms with Gasteiger partial charge in [0.2, 0.25) is 0 Å². The average Bonchev–Trinajstić information content (AvgIpc) is 3.16. The van der Waals surface area contributed by atoms with E-state index in [0.29, 0.717) is 27.8 Å². The van der Waals surface area contributed by atoms with E-state index in [9.17, 15) is 0 Å². The highest BCUT2D eigenvalue weighted by atomic mass is 35.5. The molecule has 0 aliphatic carbocycles. The SMILES string of the molecule is COc1ccc(NC(=S)NC[C@H]2CCN([C@@H](C)c3ccccc3)C2)cc1Cl. The molecule has 27 heavy (non-hydrogen) atoms. The number of anilines is 1. The summed E-state index contributed by atoms with van der Waals surface area (Å²) in [7, 11) is 1.60. The molecule has 1 fully saturated rings. The maximum absolute atomic E-state index is 6.16. The Morgan fingerprint density at radius 3 is 2.78 bits per heavy atom. The van der Waals surface area contributed by atoms with Crippen LogP contribution in [0.5, 0.6) is 5.75 Å². The number of benzene rings is 2. The molecule has 1 heterocycles. The third-order valence-electron chi connectivity index (χ3n) is 5.11. The predicted octanol–water partition coefficient (Wildman–Crippen LogP) is 4.72. The van der Waals surface area contributed by atoms with Crippen molar-refractivity contribution < 1.29 is 4.74 Å². The first-order chi connectivity index (χ1) is 13.1. The van der Waals surface area contributed by atoms with Gasteiger partial charge in [-0.25, -0.2) is 0 Å². The highest BCUT2D eigenvalue weighted by molar-refractivity contribution is 7.80. The van der Waals surface area contributed by atoms with Gasteiger partial charge in [-0.2, -0.15) is 0 Å². The van der Waals surface area contributed by atoms with E-state index in [-0.39, 0.29) is 0 Å². The monoisotopic (exact) mass is 403 g/mol. The second-order valence-corrected chi connectivity index (χ2v) is 7.74. The van der Waals surface area contributed by atoms with Crippen molar-refractivity contribution in [1.82, 2.24) is 10.2 Å². The minimum absolute atomic E-state index is 0.447. The largest absolute Gasteiger partial charge is 0.495 e. The lowest BCUT2D eigenvalue weighted by Crippen LogP contribution is -2.34. The van der Waals surface area contributed by atoms with Crippen LogP contribution >= 0.6 is 23.8 Å². The van der Waals surface area contributed by atoms with Crippen molar-refractivity contribution in [1.29, 1.82) is 0 Å². The zero-order chi connectivity index (χ0) is 19.2. The fraction of sp³-hybridized carbons (Fsp3) is 0.381. The summed E-state index contributed by atoms with van der Waals surface area (Å²) in [6.07, 6.45) is 1.18. The quantitative estimate of drug-likeness (QED) is 0.682. The Labute approximate surface area is 171 Å². The number of rotatable bonds is 6. The first-order valence-electron chi connectivity index (χ1n) is 9.24. The van der Waals surface area contributed by atoms with Gasteiger partial charge in [-0.05, 0) is 61.8 Å². The maximum atomic E-state index is 6.16.